The summed E-state index contributed by atoms with van der Waals surface area (Å²) in [7, 11) is -1.16. The number of hydrogen-bond donors (Lipinski definition) is 0. The lowest BCUT2D eigenvalue weighted by atomic mass is 10.2. The quantitative estimate of drug-likeness (QED) is 0.630. The van der Waals surface area contributed by atoms with Crippen molar-refractivity contribution < 1.29 is 31.5 Å². The summed E-state index contributed by atoms with van der Waals surface area (Å²) >= 11 is 0. The zero-order chi connectivity index (χ0) is 22.6. The van der Waals surface area contributed by atoms with Crippen LogP contribution in [0, 0.1) is 11.6 Å². The molecule has 0 bridgehead atoms. The molecule has 1 aliphatic heterocycles. The van der Waals surface area contributed by atoms with Crippen LogP contribution in [0.1, 0.15) is 5.56 Å². The topological polar surface area (TPSA) is 76.2 Å². The van der Waals surface area contributed by atoms with Crippen LogP contribution in [0.3, 0.4) is 0 Å². The molecule has 3 rings (SSSR count). The van der Waals surface area contributed by atoms with E-state index >= 15 is 0 Å². The number of ether oxygens (including phenoxy) is 2. The number of carbonyl (C=O) groups is 1. The maximum Gasteiger partial charge on any atom is 0.246 e. The van der Waals surface area contributed by atoms with E-state index in [-0.39, 0.29) is 32.1 Å². The molecule has 2 aromatic carbocycles. The van der Waals surface area contributed by atoms with Gasteiger partial charge in [0.25, 0.3) is 0 Å². The van der Waals surface area contributed by atoms with E-state index in [1.54, 1.807) is 24.3 Å². The van der Waals surface area contributed by atoms with Gasteiger partial charge >= 0.3 is 0 Å². The Labute approximate surface area is 179 Å². The Kier molecular flexibility index (Phi) is 6.91. The molecular formula is C21H22F2N2O5S. The van der Waals surface area contributed by atoms with E-state index in [0.717, 1.165) is 22.0 Å². The van der Waals surface area contributed by atoms with Gasteiger partial charge < -0.3 is 14.4 Å². The number of amides is 1. The minimum absolute atomic E-state index is 0.0196. The predicted octanol–water partition coefficient (Wildman–Crippen LogP) is 2.53. The van der Waals surface area contributed by atoms with Crippen molar-refractivity contribution in [2.75, 3.05) is 40.4 Å². The second kappa shape index (κ2) is 9.44. The Balaban J connectivity index is 1.65. The molecular weight excluding hydrogens is 430 g/mol. The van der Waals surface area contributed by atoms with E-state index in [1.165, 1.54) is 25.2 Å². The molecule has 0 spiro atoms. The van der Waals surface area contributed by atoms with Crippen molar-refractivity contribution >= 4 is 22.0 Å². The van der Waals surface area contributed by atoms with Gasteiger partial charge in [-0.05, 0) is 42.0 Å². The number of halogens is 2. The van der Waals surface area contributed by atoms with Crippen LogP contribution in [-0.2, 0) is 14.8 Å². The van der Waals surface area contributed by atoms with Crippen molar-refractivity contribution in [3.63, 3.8) is 0 Å². The van der Waals surface area contributed by atoms with Crippen LogP contribution >= 0.6 is 0 Å². The largest absolute Gasteiger partial charge is 0.493 e. The summed E-state index contributed by atoms with van der Waals surface area (Å²) in [6, 6.07) is 7.51. The van der Waals surface area contributed by atoms with Gasteiger partial charge in [0.1, 0.15) is 16.5 Å². The summed E-state index contributed by atoms with van der Waals surface area (Å²) in [4.78, 5) is 13.3. The van der Waals surface area contributed by atoms with Gasteiger partial charge in [0.05, 0.1) is 14.2 Å². The highest BCUT2D eigenvalue weighted by atomic mass is 32.2. The first-order chi connectivity index (χ1) is 14.8. The Morgan fingerprint density at radius 1 is 0.968 bits per heavy atom. The molecule has 2 aromatic rings. The Bertz CT molecular complexity index is 1100. The fourth-order valence-electron chi connectivity index (χ4n) is 3.19. The van der Waals surface area contributed by atoms with Gasteiger partial charge in [-0.25, -0.2) is 17.2 Å². The standard InChI is InChI=1S/C21H22F2N2O5S/c1-29-18-7-3-15(13-19(18)30-2)4-8-21(26)24-9-11-25(12-10-24)31(27,28)20-14-16(22)5-6-17(20)23/h3-8,13-14H,9-12H2,1-2H3/b8-4+. The number of methoxy groups -OCH3 is 2. The highest BCUT2D eigenvalue weighted by Gasteiger charge is 2.31. The molecule has 0 unspecified atom stereocenters. The smallest absolute Gasteiger partial charge is 0.246 e. The normalized spacial score (nSPS) is 15.3. The van der Waals surface area contributed by atoms with Crippen LogP contribution in [0.5, 0.6) is 11.5 Å². The molecule has 0 radical (unpaired) electrons. The first-order valence-corrected chi connectivity index (χ1v) is 10.8. The van der Waals surface area contributed by atoms with Crippen molar-refractivity contribution in [3.8, 4) is 11.5 Å². The van der Waals surface area contributed by atoms with Crippen LogP contribution in [0.15, 0.2) is 47.4 Å². The van der Waals surface area contributed by atoms with Gasteiger partial charge in [0.2, 0.25) is 15.9 Å². The van der Waals surface area contributed by atoms with Gasteiger partial charge in [-0.1, -0.05) is 6.07 Å². The van der Waals surface area contributed by atoms with Crippen LogP contribution in [0.2, 0.25) is 0 Å². The Morgan fingerprint density at radius 3 is 2.29 bits per heavy atom. The van der Waals surface area contributed by atoms with Crippen molar-refractivity contribution in [2.45, 2.75) is 4.90 Å². The monoisotopic (exact) mass is 452 g/mol. The fourth-order valence-corrected chi connectivity index (χ4v) is 4.69. The molecule has 0 N–H and O–H groups in total. The van der Waals surface area contributed by atoms with E-state index < -0.39 is 26.6 Å². The summed E-state index contributed by atoms with van der Waals surface area (Å²) in [5.74, 6) is -1.05. The third-order valence-corrected chi connectivity index (χ3v) is 6.80. The molecule has 31 heavy (non-hydrogen) atoms. The number of carbonyl (C=O) groups excluding carboxylic acids is 1. The minimum Gasteiger partial charge on any atom is -0.493 e. The van der Waals surface area contributed by atoms with E-state index in [2.05, 4.69) is 0 Å². The first kappa shape index (κ1) is 22.7. The Morgan fingerprint density at radius 2 is 1.65 bits per heavy atom. The van der Waals surface area contributed by atoms with E-state index in [1.807, 2.05) is 0 Å². The fraction of sp³-hybridized carbons (Fsp3) is 0.286. The molecule has 1 saturated heterocycles. The molecule has 166 valence electrons. The van der Waals surface area contributed by atoms with Crippen molar-refractivity contribution in [2.24, 2.45) is 0 Å². The third-order valence-electron chi connectivity index (χ3n) is 4.89. The second-order valence-electron chi connectivity index (χ2n) is 6.75. The van der Waals surface area contributed by atoms with Gasteiger partial charge in [0.15, 0.2) is 11.5 Å². The molecule has 0 atom stereocenters. The summed E-state index contributed by atoms with van der Waals surface area (Å²) in [5.41, 5.74) is 0.730. The summed E-state index contributed by atoms with van der Waals surface area (Å²) in [5, 5.41) is 0. The summed E-state index contributed by atoms with van der Waals surface area (Å²) in [6.07, 6.45) is 3.01. The molecule has 0 aromatic heterocycles. The zero-order valence-corrected chi connectivity index (χ0v) is 17.9. The molecule has 10 heteroatoms. The molecule has 1 heterocycles. The number of nitrogens with zero attached hydrogens (tertiary/aromatic N) is 2. The maximum atomic E-state index is 13.9. The van der Waals surface area contributed by atoms with Gasteiger partial charge in [0, 0.05) is 32.3 Å². The number of rotatable bonds is 6. The lowest BCUT2D eigenvalue weighted by Crippen LogP contribution is -2.50. The third kappa shape index (κ3) is 5.02. The highest BCUT2D eigenvalue weighted by molar-refractivity contribution is 7.89. The van der Waals surface area contributed by atoms with Crippen LogP contribution < -0.4 is 9.47 Å². The predicted molar refractivity (Wildman–Crippen MR) is 110 cm³/mol. The number of hydrogen-bond acceptors (Lipinski definition) is 5. The van der Waals surface area contributed by atoms with Crippen molar-refractivity contribution in [1.82, 2.24) is 9.21 Å². The van der Waals surface area contributed by atoms with Gasteiger partial charge in [-0.2, -0.15) is 4.31 Å². The minimum atomic E-state index is -4.20. The summed E-state index contributed by atoms with van der Waals surface area (Å²) in [6.45, 7) is 0.221. The molecule has 1 fully saturated rings. The number of benzene rings is 2. The van der Waals surface area contributed by atoms with Crippen molar-refractivity contribution in [1.29, 1.82) is 0 Å². The van der Waals surface area contributed by atoms with E-state index in [9.17, 15) is 22.0 Å². The highest BCUT2D eigenvalue weighted by Crippen LogP contribution is 2.28. The second-order valence-corrected chi connectivity index (χ2v) is 8.66. The van der Waals surface area contributed by atoms with E-state index in [4.69, 9.17) is 9.47 Å². The lowest BCUT2D eigenvalue weighted by Gasteiger charge is -2.33. The van der Waals surface area contributed by atoms with E-state index in [0.29, 0.717) is 17.6 Å². The average Bonchev–Trinajstić information content (AvgIpc) is 2.78. The van der Waals surface area contributed by atoms with Crippen LogP contribution in [0.4, 0.5) is 8.78 Å². The number of piperazine rings is 1. The first-order valence-electron chi connectivity index (χ1n) is 9.40. The van der Waals surface area contributed by atoms with Crippen LogP contribution in [-0.4, -0.2) is 63.9 Å². The van der Waals surface area contributed by atoms with Gasteiger partial charge in [-0.3, -0.25) is 4.79 Å². The SMILES string of the molecule is COc1ccc(/C=C/C(=O)N2CCN(S(=O)(=O)c3cc(F)ccc3F)CC2)cc1OC. The molecule has 0 aliphatic carbocycles. The summed E-state index contributed by atoms with van der Waals surface area (Å²) < 4.78 is 64.1. The number of sulfonamides is 1. The van der Waals surface area contributed by atoms with Gasteiger partial charge in [-0.15, -0.1) is 0 Å². The zero-order valence-electron chi connectivity index (χ0n) is 17.0. The molecule has 7 nitrogen and oxygen atoms in total. The Hall–Kier alpha value is -2.98. The lowest BCUT2D eigenvalue weighted by molar-refractivity contribution is -0.127. The maximum absolute atomic E-state index is 13.9. The molecule has 1 aliphatic rings. The molecule has 0 saturated carbocycles. The van der Waals surface area contributed by atoms with Crippen LogP contribution in [0.25, 0.3) is 6.08 Å². The molecule has 1 amide bonds. The average molecular weight is 452 g/mol. The van der Waals surface area contributed by atoms with Crippen molar-refractivity contribution in [3.05, 3.63) is 59.7 Å².